The molecule has 0 saturated carbocycles. The van der Waals surface area contributed by atoms with Gasteiger partial charge in [0.15, 0.2) is 9.84 Å². The van der Waals surface area contributed by atoms with E-state index in [1.807, 2.05) is 24.4 Å². The summed E-state index contributed by atoms with van der Waals surface area (Å²) in [6.45, 7) is 10.7. The van der Waals surface area contributed by atoms with Crippen LogP contribution >= 0.6 is 0 Å². The van der Waals surface area contributed by atoms with Gasteiger partial charge in [-0.2, -0.15) is 5.10 Å². The van der Waals surface area contributed by atoms with Crippen molar-refractivity contribution in [3.05, 3.63) is 59.7 Å². The Morgan fingerprint density at radius 2 is 1.77 bits per heavy atom. The maximum absolute atomic E-state index is 12.7. The topological polar surface area (TPSA) is 94.7 Å². The van der Waals surface area contributed by atoms with Crippen LogP contribution in [-0.2, 0) is 34.9 Å². The number of hydrogen-bond acceptors (Lipinski definition) is 6. The van der Waals surface area contributed by atoms with Gasteiger partial charge in [-0.15, -0.1) is 5.10 Å². The van der Waals surface area contributed by atoms with Crippen LogP contribution in [0, 0.1) is 0 Å². The van der Waals surface area contributed by atoms with Crippen molar-refractivity contribution in [1.29, 1.82) is 0 Å². The summed E-state index contributed by atoms with van der Waals surface area (Å²) >= 11 is 0. The number of nitrogens with one attached hydrogen (secondary N) is 1. The first-order chi connectivity index (χ1) is 14.2. The molecule has 3 rings (SSSR count). The lowest BCUT2D eigenvalue weighted by atomic mass is 9.87. The first kappa shape index (κ1) is 22.2. The molecule has 0 amide bonds. The van der Waals surface area contributed by atoms with Crippen LogP contribution in [0.3, 0.4) is 0 Å². The average Bonchev–Trinajstić information content (AvgIpc) is 3.34. The Balaban J connectivity index is 1.58. The van der Waals surface area contributed by atoms with Crippen LogP contribution in [0.25, 0.3) is 0 Å². The summed E-state index contributed by atoms with van der Waals surface area (Å²) in [6.07, 6.45) is 3.67. The minimum atomic E-state index is -3.39. The third-order valence-electron chi connectivity index (χ3n) is 4.83. The zero-order chi connectivity index (χ0) is 21.8. The lowest BCUT2D eigenvalue weighted by Gasteiger charge is -2.19. The fourth-order valence-electron chi connectivity index (χ4n) is 3.02. The highest BCUT2D eigenvalue weighted by Gasteiger charge is 2.18. The summed E-state index contributed by atoms with van der Waals surface area (Å²) in [7, 11) is -3.39. The third kappa shape index (κ3) is 5.76. The van der Waals surface area contributed by atoms with E-state index in [9.17, 15) is 8.42 Å². The Bertz CT molecular complexity index is 1060. The molecule has 0 aliphatic heterocycles. The van der Waals surface area contributed by atoms with Gasteiger partial charge < -0.3 is 5.32 Å². The van der Waals surface area contributed by atoms with Gasteiger partial charge in [0, 0.05) is 12.7 Å². The molecule has 3 aromatic rings. The number of nitrogens with zero attached hydrogens (tertiary/aromatic N) is 5. The molecule has 2 aromatic heterocycles. The van der Waals surface area contributed by atoms with E-state index in [1.54, 1.807) is 27.7 Å². The van der Waals surface area contributed by atoms with E-state index >= 15 is 0 Å². The van der Waals surface area contributed by atoms with Crippen LogP contribution in [0.1, 0.15) is 44.6 Å². The first-order valence-electron chi connectivity index (χ1n) is 10.1. The second-order valence-electron chi connectivity index (χ2n) is 8.35. The van der Waals surface area contributed by atoms with Gasteiger partial charge in [-0.05, 0) is 35.7 Å². The Morgan fingerprint density at radius 1 is 1.03 bits per heavy atom. The second kappa shape index (κ2) is 9.09. The highest BCUT2D eigenvalue weighted by atomic mass is 32.2. The molecule has 2 heterocycles. The van der Waals surface area contributed by atoms with Crippen molar-refractivity contribution in [3.8, 4) is 0 Å². The summed E-state index contributed by atoms with van der Waals surface area (Å²) in [4.78, 5) is 0.334. The molecule has 1 aromatic carbocycles. The standard InChI is InChI=1S/C21H30N6O2S/c1-5-22-14-18-10-11-26(24-18)15-19-16-27(25-23-19)12-13-30(28,29)20-8-6-17(7-9-20)21(2,3)4/h6-11,16,22H,5,12-15H2,1-4H3. The smallest absolute Gasteiger partial charge is 0.180 e. The van der Waals surface area contributed by atoms with Gasteiger partial charge in [0.25, 0.3) is 0 Å². The summed E-state index contributed by atoms with van der Waals surface area (Å²) in [5.74, 6) is -0.0285. The SMILES string of the molecule is CCNCc1ccn(Cc2cn(CCS(=O)(=O)c3ccc(C(C)(C)C)cc3)nn2)n1. The number of aromatic nitrogens is 5. The monoisotopic (exact) mass is 430 g/mol. The molecule has 0 bridgehead atoms. The summed E-state index contributed by atoms with van der Waals surface area (Å²) in [5, 5.41) is 15.9. The van der Waals surface area contributed by atoms with Crippen LogP contribution in [0.15, 0.2) is 47.6 Å². The van der Waals surface area contributed by atoms with Gasteiger partial charge in [-0.3, -0.25) is 9.36 Å². The normalized spacial score (nSPS) is 12.4. The van der Waals surface area contributed by atoms with Crippen molar-refractivity contribution in [1.82, 2.24) is 30.1 Å². The van der Waals surface area contributed by atoms with E-state index in [0.29, 0.717) is 11.4 Å². The second-order valence-corrected chi connectivity index (χ2v) is 10.5. The van der Waals surface area contributed by atoms with Gasteiger partial charge in [-0.25, -0.2) is 8.42 Å². The molecule has 30 heavy (non-hydrogen) atoms. The number of rotatable bonds is 9. The Kier molecular flexibility index (Phi) is 6.72. The molecule has 0 aliphatic rings. The predicted molar refractivity (Wildman–Crippen MR) is 116 cm³/mol. The average molecular weight is 431 g/mol. The van der Waals surface area contributed by atoms with Crippen LogP contribution < -0.4 is 5.32 Å². The Morgan fingerprint density at radius 3 is 2.43 bits per heavy atom. The molecule has 0 spiro atoms. The minimum absolute atomic E-state index is 0.0126. The van der Waals surface area contributed by atoms with Crippen molar-refractivity contribution < 1.29 is 8.42 Å². The van der Waals surface area contributed by atoms with Gasteiger partial charge in [0.05, 0.1) is 35.6 Å². The highest BCUT2D eigenvalue weighted by Crippen LogP contribution is 2.23. The Hall–Kier alpha value is -2.52. The zero-order valence-electron chi connectivity index (χ0n) is 18.0. The zero-order valence-corrected chi connectivity index (χ0v) is 18.9. The highest BCUT2D eigenvalue weighted by molar-refractivity contribution is 7.91. The van der Waals surface area contributed by atoms with Gasteiger partial charge in [-0.1, -0.05) is 45.0 Å². The van der Waals surface area contributed by atoms with Crippen LogP contribution in [0.2, 0.25) is 0 Å². The van der Waals surface area contributed by atoms with E-state index in [0.717, 1.165) is 30.0 Å². The lowest BCUT2D eigenvalue weighted by Crippen LogP contribution is -2.15. The van der Waals surface area contributed by atoms with Crippen molar-refractivity contribution in [2.24, 2.45) is 0 Å². The van der Waals surface area contributed by atoms with Crippen molar-refractivity contribution >= 4 is 9.84 Å². The third-order valence-corrected chi connectivity index (χ3v) is 6.54. The maximum Gasteiger partial charge on any atom is 0.180 e. The van der Waals surface area contributed by atoms with Crippen molar-refractivity contribution in [2.75, 3.05) is 12.3 Å². The van der Waals surface area contributed by atoms with Crippen molar-refractivity contribution in [2.45, 2.75) is 57.6 Å². The van der Waals surface area contributed by atoms with Crippen LogP contribution in [0.5, 0.6) is 0 Å². The predicted octanol–water partition coefficient (Wildman–Crippen LogP) is 2.40. The quantitative estimate of drug-likeness (QED) is 0.560. The molecule has 1 N–H and O–H groups in total. The fourth-order valence-corrected chi connectivity index (χ4v) is 4.23. The van der Waals surface area contributed by atoms with Crippen LogP contribution in [0.4, 0.5) is 0 Å². The summed E-state index contributed by atoms with van der Waals surface area (Å²) in [6, 6.07) is 9.10. The van der Waals surface area contributed by atoms with E-state index < -0.39 is 9.84 Å². The van der Waals surface area contributed by atoms with Gasteiger partial charge in [0.2, 0.25) is 0 Å². The molecule has 0 fully saturated rings. The molecule has 8 nitrogen and oxygen atoms in total. The van der Waals surface area contributed by atoms with Gasteiger partial charge in [0.1, 0.15) is 5.69 Å². The summed E-state index contributed by atoms with van der Waals surface area (Å²) in [5.41, 5.74) is 2.80. The number of benzene rings is 1. The number of sulfone groups is 1. The van der Waals surface area contributed by atoms with E-state index in [4.69, 9.17) is 0 Å². The molecule has 0 atom stereocenters. The lowest BCUT2D eigenvalue weighted by molar-refractivity contribution is 0.573. The van der Waals surface area contributed by atoms with E-state index in [-0.39, 0.29) is 17.7 Å². The minimum Gasteiger partial charge on any atom is -0.311 e. The molecule has 9 heteroatoms. The van der Waals surface area contributed by atoms with E-state index in [1.165, 1.54) is 0 Å². The molecule has 0 aliphatic carbocycles. The maximum atomic E-state index is 12.7. The largest absolute Gasteiger partial charge is 0.311 e. The molecule has 0 saturated heterocycles. The first-order valence-corrected chi connectivity index (χ1v) is 11.8. The fraction of sp³-hybridized carbons (Fsp3) is 0.476. The summed E-state index contributed by atoms with van der Waals surface area (Å²) < 4.78 is 28.7. The molecular weight excluding hydrogens is 400 g/mol. The van der Waals surface area contributed by atoms with Crippen LogP contribution in [-0.4, -0.2) is 45.5 Å². The number of aryl methyl sites for hydroxylation is 1. The van der Waals surface area contributed by atoms with E-state index in [2.05, 4.69) is 48.4 Å². The Labute approximate surface area is 178 Å². The molecular formula is C21H30N6O2S. The van der Waals surface area contributed by atoms with Crippen molar-refractivity contribution in [3.63, 3.8) is 0 Å². The molecule has 162 valence electrons. The molecule has 0 unspecified atom stereocenters. The molecule has 0 radical (unpaired) electrons. The van der Waals surface area contributed by atoms with Gasteiger partial charge >= 0.3 is 0 Å². The number of hydrogen-bond donors (Lipinski definition) is 1.